The topological polar surface area (TPSA) is 110 Å². The minimum atomic E-state index is -1.12. The lowest BCUT2D eigenvalue weighted by molar-refractivity contribution is -0.116. The summed E-state index contributed by atoms with van der Waals surface area (Å²) in [5.74, 6) is -1.26. The van der Waals surface area contributed by atoms with E-state index in [4.69, 9.17) is 10.8 Å². The lowest BCUT2D eigenvalue weighted by Gasteiger charge is -2.05. The zero-order valence-corrected chi connectivity index (χ0v) is 9.15. The Hall–Kier alpha value is -1.89. The van der Waals surface area contributed by atoms with Gasteiger partial charge in [-0.2, -0.15) is 5.10 Å². The van der Waals surface area contributed by atoms with Gasteiger partial charge in [-0.3, -0.25) is 9.48 Å². The average Bonchev–Trinajstić information content (AvgIpc) is 2.41. The zero-order valence-electron chi connectivity index (χ0n) is 9.15. The largest absolute Gasteiger partial charge is 0.477 e. The second-order valence-electron chi connectivity index (χ2n) is 3.32. The van der Waals surface area contributed by atoms with Crippen LogP contribution in [0.3, 0.4) is 0 Å². The van der Waals surface area contributed by atoms with Crippen molar-refractivity contribution in [3.05, 3.63) is 11.3 Å². The van der Waals surface area contributed by atoms with Crippen molar-refractivity contribution in [2.45, 2.75) is 13.3 Å². The SMILES string of the molecule is Cc1nn(C)c(NC(=O)CCN)c1C(=O)O. The minimum Gasteiger partial charge on any atom is -0.477 e. The number of hydrogen-bond donors (Lipinski definition) is 3. The summed E-state index contributed by atoms with van der Waals surface area (Å²) in [6, 6.07) is 0. The maximum atomic E-state index is 11.3. The fourth-order valence-corrected chi connectivity index (χ4v) is 1.38. The molecule has 0 unspecified atom stereocenters. The van der Waals surface area contributed by atoms with E-state index in [0.29, 0.717) is 5.69 Å². The van der Waals surface area contributed by atoms with E-state index in [1.807, 2.05) is 0 Å². The van der Waals surface area contributed by atoms with Gasteiger partial charge in [0.1, 0.15) is 11.4 Å². The number of amides is 1. The Morgan fingerprint density at radius 3 is 2.69 bits per heavy atom. The van der Waals surface area contributed by atoms with Crippen molar-refractivity contribution in [1.82, 2.24) is 9.78 Å². The van der Waals surface area contributed by atoms with E-state index in [1.165, 1.54) is 4.68 Å². The van der Waals surface area contributed by atoms with Crippen molar-refractivity contribution >= 4 is 17.7 Å². The Morgan fingerprint density at radius 2 is 2.19 bits per heavy atom. The standard InChI is InChI=1S/C9H14N4O3/c1-5-7(9(15)16)8(13(2)12-5)11-6(14)3-4-10/h3-4,10H2,1-2H3,(H,11,14)(H,15,16). The predicted octanol–water partition coefficient (Wildman–Crippen LogP) is -0.286. The normalized spacial score (nSPS) is 10.2. The Morgan fingerprint density at radius 1 is 1.56 bits per heavy atom. The molecule has 0 aromatic carbocycles. The molecule has 4 N–H and O–H groups in total. The molecule has 0 atom stereocenters. The number of aromatic nitrogens is 2. The van der Waals surface area contributed by atoms with Gasteiger partial charge in [-0.05, 0) is 6.92 Å². The highest BCUT2D eigenvalue weighted by molar-refractivity contribution is 6.00. The maximum Gasteiger partial charge on any atom is 0.341 e. The van der Waals surface area contributed by atoms with Crippen LogP contribution in [0.4, 0.5) is 5.82 Å². The number of hydrogen-bond acceptors (Lipinski definition) is 4. The molecule has 1 aromatic rings. The van der Waals surface area contributed by atoms with Crippen LogP contribution >= 0.6 is 0 Å². The van der Waals surface area contributed by atoms with Gasteiger partial charge in [-0.25, -0.2) is 4.79 Å². The molecule has 0 aliphatic heterocycles. The summed E-state index contributed by atoms with van der Waals surface area (Å²) >= 11 is 0. The van der Waals surface area contributed by atoms with Gasteiger partial charge in [-0.15, -0.1) is 0 Å². The molecule has 0 radical (unpaired) electrons. The first-order valence-corrected chi connectivity index (χ1v) is 4.74. The van der Waals surface area contributed by atoms with Gasteiger partial charge in [-0.1, -0.05) is 0 Å². The van der Waals surface area contributed by atoms with Gasteiger partial charge in [0.05, 0.1) is 5.69 Å². The third-order valence-electron chi connectivity index (χ3n) is 2.07. The summed E-state index contributed by atoms with van der Waals surface area (Å²) in [5.41, 5.74) is 5.59. The van der Waals surface area contributed by atoms with E-state index in [1.54, 1.807) is 14.0 Å². The maximum absolute atomic E-state index is 11.3. The van der Waals surface area contributed by atoms with E-state index in [9.17, 15) is 9.59 Å². The molecule has 1 amide bonds. The first-order valence-electron chi connectivity index (χ1n) is 4.74. The predicted molar refractivity (Wildman–Crippen MR) is 57.2 cm³/mol. The van der Waals surface area contributed by atoms with Crippen molar-refractivity contribution in [3.63, 3.8) is 0 Å². The van der Waals surface area contributed by atoms with Crippen LogP contribution in [-0.2, 0) is 11.8 Å². The molecule has 1 heterocycles. The minimum absolute atomic E-state index is 0.00729. The molecular weight excluding hydrogens is 212 g/mol. The second kappa shape index (κ2) is 4.75. The average molecular weight is 226 g/mol. The van der Waals surface area contributed by atoms with E-state index in [2.05, 4.69) is 10.4 Å². The molecule has 0 bridgehead atoms. The number of nitrogens with one attached hydrogen (secondary N) is 1. The number of anilines is 1. The van der Waals surface area contributed by atoms with Crippen molar-refractivity contribution < 1.29 is 14.7 Å². The van der Waals surface area contributed by atoms with Crippen LogP contribution in [0.25, 0.3) is 0 Å². The molecule has 0 spiro atoms. The molecule has 0 saturated carbocycles. The molecule has 0 fully saturated rings. The second-order valence-corrected chi connectivity index (χ2v) is 3.32. The monoisotopic (exact) mass is 226 g/mol. The molecule has 1 rings (SSSR count). The Bertz CT molecular complexity index is 425. The molecule has 7 heteroatoms. The summed E-state index contributed by atoms with van der Waals surface area (Å²) in [7, 11) is 1.57. The Kier molecular flexibility index (Phi) is 3.62. The summed E-state index contributed by atoms with van der Waals surface area (Å²) in [4.78, 5) is 22.3. The van der Waals surface area contributed by atoms with Crippen LogP contribution in [0.1, 0.15) is 22.5 Å². The number of rotatable bonds is 4. The molecule has 7 nitrogen and oxygen atoms in total. The number of carboxylic acid groups (broad SMARTS) is 1. The van der Waals surface area contributed by atoms with Crippen LogP contribution in [0, 0.1) is 6.92 Å². The molecular formula is C9H14N4O3. The van der Waals surface area contributed by atoms with Crippen molar-refractivity contribution in [1.29, 1.82) is 0 Å². The van der Waals surface area contributed by atoms with Crippen LogP contribution in [-0.4, -0.2) is 33.3 Å². The highest BCUT2D eigenvalue weighted by atomic mass is 16.4. The molecule has 16 heavy (non-hydrogen) atoms. The van der Waals surface area contributed by atoms with E-state index < -0.39 is 5.97 Å². The van der Waals surface area contributed by atoms with Gasteiger partial charge in [0.15, 0.2) is 0 Å². The Balaban J connectivity index is 3.03. The van der Waals surface area contributed by atoms with Gasteiger partial charge in [0.25, 0.3) is 0 Å². The smallest absolute Gasteiger partial charge is 0.341 e. The number of aryl methyl sites for hydroxylation is 2. The fraction of sp³-hybridized carbons (Fsp3) is 0.444. The number of carbonyl (C=O) groups excluding carboxylic acids is 1. The molecule has 0 aliphatic rings. The first-order chi connectivity index (χ1) is 7.47. The van der Waals surface area contributed by atoms with Crippen LogP contribution in [0.15, 0.2) is 0 Å². The van der Waals surface area contributed by atoms with Gasteiger partial charge >= 0.3 is 5.97 Å². The van der Waals surface area contributed by atoms with Crippen LogP contribution < -0.4 is 11.1 Å². The number of carboxylic acids is 1. The summed E-state index contributed by atoms with van der Waals surface area (Å²) < 4.78 is 1.33. The van der Waals surface area contributed by atoms with Gasteiger partial charge in [0.2, 0.25) is 5.91 Å². The molecule has 1 aromatic heterocycles. The summed E-state index contributed by atoms with van der Waals surface area (Å²) in [6.45, 7) is 1.78. The lowest BCUT2D eigenvalue weighted by atomic mass is 10.2. The number of aromatic carboxylic acids is 1. The third-order valence-corrected chi connectivity index (χ3v) is 2.07. The van der Waals surface area contributed by atoms with Gasteiger partial charge in [0, 0.05) is 20.0 Å². The highest BCUT2D eigenvalue weighted by Gasteiger charge is 2.20. The molecule has 88 valence electrons. The fourth-order valence-electron chi connectivity index (χ4n) is 1.38. The summed E-state index contributed by atoms with van der Waals surface area (Å²) in [5, 5.41) is 15.4. The number of nitrogens with zero attached hydrogens (tertiary/aromatic N) is 2. The first kappa shape index (κ1) is 12.2. The zero-order chi connectivity index (χ0) is 12.3. The number of nitrogens with two attached hydrogens (primary N) is 1. The van der Waals surface area contributed by atoms with E-state index in [0.717, 1.165) is 0 Å². The van der Waals surface area contributed by atoms with E-state index >= 15 is 0 Å². The summed E-state index contributed by atoms with van der Waals surface area (Å²) in [6.07, 6.45) is 0.142. The highest BCUT2D eigenvalue weighted by Crippen LogP contribution is 2.18. The number of carbonyl (C=O) groups is 2. The van der Waals surface area contributed by atoms with Crippen molar-refractivity contribution in [2.75, 3.05) is 11.9 Å². The third kappa shape index (κ3) is 2.37. The van der Waals surface area contributed by atoms with Crippen LogP contribution in [0.5, 0.6) is 0 Å². The van der Waals surface area contributed by atoms with Crippen LogP contribution in [0.2, 0.25) is 0 Å². The van der Waals surface area contributed by atoms with Crippen molar-refractivity contribution in [2.24, 2.45) is 12.8 Å². The van der Waals surface area contributed by atoms with Gasteiger partial charge < -0.3 is 16.2 Å². The Labute approximate surface area is 92.2 Å². The molecule has 0 saturated heterocycles. The quantitative estimate of drug-likeness (QED) is 0.653. The molecule has 0 aliphatic carbocycles. The lowest BCUT2D eigenvalue weighted by Crippen LogP contribution is -2.19. The van der Waals surface area contributed by atoms with Crippen molar-refractivity contribution in [3.8, 4) is 0 Å². The van der Waals surface area contributed by atoms with E-state index in [-0.39, 0.29) is 30.3 Å².